The number of aliphatic carboxylic acids is 1. The van der Waals surface area contributed by atoms with Gasteiger partial charge in [-0.05, 0) is 12.8 Å². The molecule has 0 heterocycles. The SMILES string of the molecule is CCCCCCCCCCCCCCC(=O)OC(COCCC(C(=O)[O-])[N+](C)(C)C)COC(=O)CCCCCC. The number of nitrogens with zero attached hydrogens (tertiary/aromatic N) is 1. The van der Waals surface area contributed by atoms with Crippen LogP contribution in [0.2, 0.25) is 0 Å². The number of hydrogen-bond acceptors (Lipinski definition) is 7. The Kier molecular flexibility index (Phi) is 24.0. The van der Waals surface area contributed by atoms with E-state index in [1.54, 1.807) is 21.1 Å². The van der Waals surface area contributed by atoms with E-state index in [2.05, 4.69) is 13.8 Å². The number of likely N-dealkylation sites (N-methyl/N-ethyl adjacent to an activating group) is 1. The molecule has 0 fully saturated rings. The van der Waals surface area contributed by atoms with Gasteiger partial charge in [0, 0.05) is 19.3 Å². The third-order valence-corrected chi connectivity index (χ3v) is 7.24. The summed E-state index contributed by atoms with van der Waals surface area (Å²) in [5.41, 5.74) is 0. The predicted octanol–water partition coefficient (Wildman–Crippen LogP) is 5.73. The molecule has 2 atom stereocenters. The predicted molar refractivity (Wildman–Crippen MR) is 158 cm³/mol. The molecular formula is C32H61NO7. The number of carboxylic acids is 1. The van der Waals surface area contributed by atoms with Crippen LogP contribution in [0.25, 0.3) is 0 Å². The lowest BCUT2D eigenvalue weighted by Gasteiger charge is -2.34. The maximum Gasteiger partial charge on any atom is 0.306 e. The highest BCUT2D eigenvalue weighted by Gasteiger charge is 2.25. The summed E-state index contributed by atoms with van der Waals surface area (Å²) in [7, 11) is 5.38. The number of hydrogen-bond donors (Lipinski definition) is 0. The molecule has 0 aliphatic rings. The van der Waals surface area contributed by atoms with Crippen molar-refractivity contribution in [2.45, 2.75) is 148 Å². The van der Waals surface area contributed by atoms with Crippen molar-refractivity contribution in [2.75, 3.05) is 41.0 Å². The lowest BCUT2D eigenvalue weighted by atomic mass is 10.0. The number of unbranched alkanes of at least 4 members (excludes halogenated alkanes) is 14. The van der Waals surface area contributed by atoms with Crippen LogP contribution in [0.3, 0.4) is 0 Å². The van der Waals surface area contributed by atoms with Crippen LogP contribution in [0.5, 0.6) is 0 Å². The van der Waals surface area contributed by atoms with Crippen molar-refractivity contribution < 1.29 is 38.2 Å². The fourth-order valence-electron chi connectivity index (χ4n) is 4.66. The van der Waals surface area contributed by atoms with E-state index >= 15 is 0 Å². The molecule has 0 N–H and O–H groups in total. The van der Waals surface area contributed by atoms with Gasteiger partial charge in [-0.1, -0.05) is 104 Å². The monoisotopic (exact) mass is 571 g/mol. The van der Waals surface area contributed by atoms with Crippen LogP contribution in [-0.4, -0.2) is 75.5 Å². The van der Waals surface area contributed by atoms with E-state index in [9.17, 15) is 19.5 Å². The fraction of sp³-hybridized carbons (Fsp3) is 0.906. The summed E-state index contributed by atoms with van der Waals surface area (Å²) in [5.74, 6) is -1.75. The van der Waals surface area contributed by atoms with Crippen LogP contribution in [0.4, 0.5) is 0 Å². The molecule has 0 aromatic heterocycles. The van der Waals surface area contributed by atoms with Crippen molar-refractivity contribution in [3.63, 3.8) is 0 Å². The van der Waals surface area contributed by atoms with Crippen molar-refractivity contribution in [2.24, 2.45) is 0 Å². The Balaban J connectivity index is 4.38. The van der Waals surface area contributed by atoms with Gasteiger partial charge in [0.05, 0.1) is 40.3 Å². The normalized spacial score (nSPS) is 13.1. The first-order chi connectivity index (χ1) is 19.1. The van der Waals surface area contributed by atoms with Gasteiger partial charge in [-0.3, -0.25) is 9.59 Å². The van der Waals surface area contributed by atoms with Gasteiger partial charge >= 0.3 is 11.9 Å². The second-order valence-corrected chi connectivity index (χ2v) is 12.1. The van der Waals surface area contributed by atoms with E-state index in [-0.39, 0.29) is 42.7 Å². The first-order valence-electron chi connectivity index (χ1n) is 16.1. The van der Waals surface area contributed by atoms with Gasteiger partial charge in [-0.2, -0.15) is 0 Å². The molecule has 0 aromatic carbocycles. The molecule has 40 heavy (non-hydrogen) atoms. The molecule has 0 aliphatic heterocycles. The van der Waals surface area contributed by atoms with Crippen LogP contribution in [0.1, 0.15) is 136 Å². The second-order valence-electron chi connectivity index (χ2n) is 12.1. The molecule has 2 unspecified atom stereocenters. The van der Waals surface area contributed by atoms with Gasteiger partial charge in [0.2, 0.25) is 0 Å². The summed E-state index contributed by atoms with van der Waals surface area (Å²) in [5, 5.41) is 11.5. The molecular weight excluding hydrogens is 510 g/mol. The number of carbonyl (C=O) groups is 3. The van der Waals surface area contributed by atoms with E-state index in [4.69, 9.17) is 14.2 Å². The molecule has 0 amide bonds. The highest BCUT2D eigenvalue weighted by molar-refractivity contribution is 5.70. The van der Waals surface area contributed by atoms with Crippen molar-refractivity contribution in [1.29, 1.82) is 0 Å². The number of esters is 2. The van der Waals surface area contributed by atoms with E-state index in [1.165, 1.54) is 57.8 Å². The Hall–Kier alpha value is -1.67. The van der Waals surface area contributed by atoms with Gasteiger partial charge in [0.1, 0.15) is 12.6 Å². The van der Waals surface area contributed by atoms with Gasteiger partial charge in [-0.15, -0.1) is 0 Å². The molecule has 8 heteroatoms. The van der Waals surface area contributed by atoms with E-state index in [0.717, 1.165) is 44.9 Å². The fourth-order valence-corrected chi connectivity index (χ4v) is 4.66. The van der Waals surface area contributed by atoms with Gasteiger partial charge in [0.25, 0.3) is 0 Å². The Bertz CT molecular complexity index is 648. The molecule has 236 valence electrons. The zero-order valence-electron chi connectivity index (χ0n) is 26.5. The van der Waals surface area contributed by atoms with Crippen LogP contribution < -0.4 is 5.11 Å². The molecule has 0 saturated carbocycles. The Morgan fingerprint density at radius 1 is 0.650 bits per heavy atom. The summed E-state index contributed by atoms with van der Waals surface area (Å²) >= 11 is 0. The topological polar surface area (TPSA) is 102 Å². The third kappa shape index (κ3) is 23.1. The van der Waals surface area contributed by atoms with Gasteiger partial charge in [0.15, 0.2) is 6.10 Å². The molecule has 0 saturated heterocycles. The number of carbonyl (C=O) groups excluding carboxylic acids is 3. The minimum Gasteiger partial charge on any atom is -0.544 e. The molecule has 0 aromatic rings. The highest BCUT2D eigenvalue weighted by atomic mass is 16.6. The van der Waals surface area contributed by atoms with Crippen LogP contribution in [-0.2, 0) is 28.6 Å². The summed E-state index contributed by atoms with van der Waals surface area (Å²) < 4.78 is 16.8. The van der Waals surface area contributed by atoms with Crippen molar-refractivity contribution in [1.82, 2.24) is 0 Å². The average molecular weight is 572 g/mol. The number of carboxylic acid groups (broad SMARTS) is 1. The number of ether oxygens (including phenoxy) is 3. The molecule has 0 rings (SSSR count). The largest absolute Gasteiger partial charge is 0.544 e. The first kappa shape index (κ1) is 38.3. The van der Waals surface area contributed by atoms with E-state index in [1.807, 2.05) is 0 Å². The zero-order valence-corrected chi connectivity index (χ0v) is 26.5. The molecule has 0 bridgehead atoms. The van der Waals surface area contributed by atoms with Crippen molar-refractivity contribution >= 4 is 17.9 Å². The lowest BCUT2D eigenvalue weighted by Crippen LogP contribution is -2.55. The maximum absolute atomic E-state index is 12.5. The molecule has 0 aliphatic carbocycles. The standard InChI is InChI=1S/C32H61NO7/c1-6-8-10-12-13-14-15-16-17-18-19-21-23-31(35)40-28(27-39-30(34)22-20-11-9-7-2)26-38-25-24-29(32(36)37)33(3,4)5/h28-29H,6-27H2,1-5H3. The summed E-state index contributed by atoms with van der Waals surface area (Å²) in [6.45, 7) is 4.52. The molecule has 8 nitrogen and oxygen atoms in total. The smallest absolute Gasteiger partial charge is 0.306 e. The Labute approximate surface area is 245 Å². The quantitative estimate of drug-likeness (QED) is 0.0671. The van der Waals surface area contributed by atoms with E-state index in [0.29, 0.717) is 12.8 Å². The number of quaternary nitrogens is 1. The first-order valence-corrected chi connectivity index (χ1v) is 16.1. The third-order valence-electron chi connectivity index (χ3n) is 7.24. The maximum atomic E-state index is 12.5. The minimum atomic E-state index is -1.13. The Morgan fingerprint density at radius 3 is 1.57 bits per heavy atom. The van der Waals surface area contributed by atoms with Crippen LogP contribution >= 0.6 is 0 Å². The van der Waals surface area contributed by atoms with Gasteiger partial charge < -0.3 is 28.6 Å². The van der Waals surface area contributed by atoms with Crippen molar-refractivity contribution in [3.8, 4) is 0 Å². The Morgan fingerprint density at radius 2 is 1.10 bits per heavy atom. The van der Waals surface area contributed by atoms with Gasteiger partial charge in [-0.25, -0.2) is 0 Å². The molecule has 0 radical (unpaired) electrons. The minimum absolute atomic E-state index is 0.0458. The van der Waals surface area contributed by atoms with Crippen LogP contribution in [0.15, 0.2) is 0 Å². The summed E-state index contributed by atoms with van der Waals surface area (Å²) in [6.07, 6.45) is 18.8. The average Bonchev–Trinajstić information content (AvgIpc) is 2.89. The summed E-state index contributed by atoms with van der Waals surface area (Å²) in [4.78, 5) is 36.1. The second kappa shape index (κ2) is 25.1. The summed E-state index contributed by atoms with van der Waals surface area (Å²) in [6, 6.07) is -0.715. The lowest BCUT2D eigenvalue weighted by molar-refractivity contribution is -0.889. The zero-order chi connectivity index (χ0) is 30.1. The van der Waals surface area contributed by atoms with E-state index < -0.39 is 18.1 Å². The van der Waals surface area contributed by atoms with Crippen LogP contribution in [0, 0.1) is 0 Å². The molecule has 0 spiro atoms. The number of rotatable bonds is 28. The van der Waals surface area contributed by atoms with Crippen molar-refractivity contribution in [3.05, 3.63) is 0 Å². The highest BCUT2D eigenvalue weighted by Crippen LogP contribution is 2.13.